The third-order valence-electron chi connectivity index (χ3n) is 6.16. The largest absolute Gasteiger partial charge is 0.504 e. The van der Waals surface area contributed by atoms with Crippen molar-refractivity contribution in [3.05, 3.63) is 0 Å². The average molecular weight is 339 g/mol. The first kappa shape index (κ1) is 21.5. The van der Waals surface area contributed by atoms with Gasteiger partial charge < -0.3 is 3.88 Å². The van der Waals surface area contributed by atoms with E-state index in [0.717, 1.165) is 17.8 Å². The zero-order valence-corrected chi connectivity index (χ0v) is 19.2. The summed E-state index contributed by atoms with van der Waals surface area (Å²) in [5.74, 6) is 2.48. The molecule has 0 spiro atoms. The highest BCUT2D eigenvalue weighted by Gasteiger charge is 2.49. The summed E-state index contributed by atoms with van der Waals surface area (Å²) < 4.78 is 3.16. The third-order valence-corrected chi connectivity index (χ3v) is 14.1. The highest BCUT2D eigenvalue weighted by molar-refractivity contribution is 6.77. The third kappa shape index (κ3) is 5.49. The van der Waals surface area contributed by atoms with Gasteiger partial charge in [-0.15, -0.1) is 0 Å². The second-order valence-electron chi connectivity index (χ2n) is 11.2. The van der Waals surface area contributed by atoms with Gasteiger partial charge in [0.15, 0.2) is 0 Å². The van der Waals surface area contributed by atoms with Gasteiger partial charge in [0.25, 0.3) is 0 Å². The van der Waals surface area contributed by atoms with Crippen molar-refractivity contribution in [2.75, 3.05) is 0 Å². The van der Waals surface area contributed by atoms with Gasteiger partial charge in [-0.25, -0.2) is 0 Å². The molecule has 1 heterocycles. The van der Waals surface area contributed by atoms with Gasteiger partial charge in [-0.3, -0.25) is 0 Å². The standard InChI is InChI=1S/C9H18N.3C4H9.Al/c1-8(2)6-5-7-9(3,4)10-8;3*1-4(2)3;/h5-7H2,1-4H3;3*4H,1H2,2-3H3;/q-1;;;;. The van der Waals surface area contributed by atoms with Crippen LogP contribution in [0.4, 0.5) is 0 Å². The van der Waals surface area contributed by atoms with Crippen LogP contribution in [0.25, 0.3) is 0 Å². The highest BCUT2D eigenvalue weighted by Crippen LogP contribution is 2.48. The summed E-state index contributed by atoms with van der Waals surface area (Å²) in [5, 5.41) is 4.49. The molecule has 0 saturated carbocycles. The molecule has 0 aliphatic carbocycles. The molecule has 2 heteroatoms. The van der Waals surface area contributed by atoms with Crippen LogP contribution in [0.5, 0.6) is 0 Å². The normalized spacial score (nSPS) is 22.3. The Hall–Kier alpha value is 0.492. The molecule has 0 N–H and O–H groups in total. The summed E-state index contributed by atoms with van der Waals surface area (Å²) in [6, 6.07) is 0. The van der Waals surface area contributed by atoms with Crippen LogP contribution in [-0.4, -0.2) is 28.3 Å². The fourth-order valence-corrected chi connectivity index (χ4v) is 16.4. The van der Waals surface area contributed by atoms with Gasteiger partial charge in [0, 0.05) is 0 Å². The summed E-state index contributed by atoms with van der Waals surface area (Å²) in [7, 11) is 0. The van der Waals surface area contributed by atoms with E-state index in [1.807, 2.05) is 0 Å². The molecule has 138 valence electrons. The van der Waals surface area contributed by atoms with Crippen LogP contribution >= 0.6 is 0 Å². The van der Waals surface area contributed by atoms with Gasteiger partial charge in [0.1, 0.15) is 0 Å². The maximum Gasteiger partial charge on any atom is 0.227 e. The first-order valence-corrected chi connectivity index (χ1v) is 13.3. The number of hydrogen-bond donors (Lipinski definition) is 0. The molecule has 23 heavy (non-hydrogen) atoms. The van der Waals surface area contributed by atoms with Crippen molar-refractivity contribution < 1.29 is 0 Å². The van der Waals surface area contributed by atoms with E-state index in [4.69, 9.17) is 0 Å². The zero-order chi connectivity index (χ0) is 18.1. The Morgan fingerprint density at radius 1 is 0.696 bits per heavy atom. The van der Waals surface area contributed by atoms with Crippen LogP contribution in [0, 0.1) is 17.8 Å². The fourth-order valence-electron chi connectivity index (χ4n) is 6.73. The van der Waals surface area contributed by atoms with Gasteiger partial charge in [-0.2, -0.15) is 15.8 Å². The van der Waals surface area contributed by atoms with Gasteiger partial charge in [-0.1, -0.05) is 93.4 Å². The van der Waals surface area contributed by atoms with Crippen LogP contribution in [0.3, 0.4) is 0 Å². The Morgan fingerprint density at radius 3 is 1.26 bits per heavy atom. The molecular weight excluding hydrogens is 293 g/mol. The molecule has 0 amide bonds. The lowest BCUT2D eigenvalue weighted by Crippen LogP contribution is -2.71. The molecule has 1 saturated heterocycles. The van der Waals surface area contributed by atoms with Crippen LogP contribution in [0.15, 0.2) is 0 Å². The summed E-state index contributed by atoms with van der Waals surface area (Å²) in [6.07, 6.45) is 4.16. The van der Waals surface area contributed by atoms with Gasteiger partial charge in [0.2, 0.25) is 13.3 Å². The molecule has 1 rings (SSSR count). The highest BCUT2D eigenvalue weighted by atomic mass is 27.3. The van der Waals surface area contributed by atoms with E-state index in [1.54, 1.807) is 0 Å². The minimum Gasteiger partial charge on any atom is -0.504 e. The predicted molar refractivity (Wildman–Crippen MR) is 109 cm³/mol. The van der Waals surface area contributed by atoms with Crippen LogP contribution in [-0.2, 0) is 0 Å². The lowest BCUT2D eigenvalue weighted by Gasteiger charge is -2.68. The number of piperidine rings is 1. The SMILES string of the molecule is CC(C)[CH2][Al-]([CH2]C(C)C)([CH2]C(C)C)[N]1C(C)(C)CCCC1(C)C. The molecule has 0 radical (unpaired) electrons. The van der Waals surface area contributed by atoms with E-state index in [0.29, 0.717) is 11.1 Å². The monoisotopic (exact) mass is 338 g/mol. The lowest BCUT2D eigenvalue weighted by atomic mass is 9.83. The molecule has 0 aromatic carbocycles. The molecule has 0 bridgehead atoms. The molecule has 0 unspecified atom stereocenters. The molecule has 1 aliphatic heterocycles. The molecular formula is C21H45AlN-. The van der Waals surface area contributed by atoms with E-state index >= 15 is 0 Å². The van der Waals surface area contributed by atoms with E-state index in [9.17, 15) is 0 Å². The Morgan fingerprint density at radius 2 is 1.00 bits per heavy atom. The topological polar surface area (TPSA) is 3.24 Å². The summed E-state index contributed by atoms with van der Waals surface area (Å²) in [6.45, 7) is 24.9. The van der Waals surface area contributed by atoms with Gasteiger partial charge in [0.05, 0.1) is 0 Å². The average Bonchev–Trinajstić information content (AvgIpc) is 2.21. The van der Waals surface area contributed by atoms with E-state index < -0.39 is 13.3 Å². The molecule has 1 nitrogen and oxygen atoms in total. The number of nitrogens with zero attached hydrogens (tertiary/aromatic N) is 1. The molecule has 0 atom stereocenters. The van der Waals surface area contributed by atoms with E-state index in [-0.39, 0.29) is 0 Å². The van der Waals surface area contributed by atoms with Crippen molar-refractivity contribution in [3.63, 3.8) is 0 Å². The molecule has 0 aromatic heterocycles. The Balaban J connectivity index is 3.42. The van der Waals surface area contributed by atoms with E-state index in [1.165, 1.54) is 35.1 Å². The maximum atomic E-state index is 3.16. The van der Waals surface area contributed by atoms with Crippen molar-refractivity contribution in [2.45, 2.75) is 115 Å². The first-order valence-electron chi connectivity index (χ1n) is 10.3. The minimum atomic E-state index is -1.89. The lowest BCUT2D eigenvalue weighted by molar-refractivity contribution is 0.0395. The minimum absolute atomic E-state index is 0.380. The Labute approximate surface area is 150 Å². The van der Waals surface area contributed by atoms with Crippen LogP contribution < -0.4 is 0 Å². The Kier molecular flexibility index (Phi) is 7.31. The smallest absolute Gasteiger partial charge is 0.227 e. The van der Waals surface area contributed by atoms with Crippen molar-refractivity contribution in [1.29, 1.82) is 0 Å². The van der Waals surface area contributed by atoms with Gasteiger partial charge >= 0.3 is 0 Å². The number of rotatable bonds is 7. The molecule has 0 aromatic rings. The van der Waals surface area contributed by atoms with Crippen LogP contribution in [0.2, 0.25) is 15.8 Å². The quantitative estimate of drug-likeness (QED) is 0.454. The van der Waals surface area contributed by atoms with Gasteiger partial charge in [-0.05, 0) is 23.9 Å². The zero-order valence-electron chi connectivity index (χ0n) is 18.0. The second-order valence-corrected chi connectivity index (χ2v) is 15.9. The summed E-state index contributed by atoms with van der Waals surface area (Å²) >= 11 is -1.89. The maximum absolute atomic E-state index is 3.16. The molecule has 1 aliphatic rings. The number of hydrogen-bond acceptors (Lipinski definition) is 1. The van der Waals surface area contributed by atoms with Crippen molar-refractivity contribution >= 4 is 13.3 Å². The Bertz CT molecular complexity index is 326. The summed E-state index contributed by atoms with van der Waals surface area (Å²) in [5.41, 5.74) is 0.760. The fraction of sp³-hybridized carbons (Fsp3) is 1.00. The first-order chi connectivity index (χ1) is 10.3. The van der Waals surface area contributed by atoms with E-state index in [2.05, 4.69) is 73.1 Å². The van der Waals surface area contributed by atoms with Crippen molar-refractivity contribution in [3.8, 4) is 0 Å². The van der Waals surface area contributed by atoms with Crippen LogP contribution in [0.1, 0.15) is 88.5 Å². The van der Waals surface area contributed by atoms with Crippen molar-refractivity contribution in [2.24, 2.45) is 17.8 Å². The predicted octanol–water partition coefficient (Wildman–Crippen LogP) is 6.94. The summed E-state index contributed by atoms with van der Waals surface area (Å²) in [4.78, 5) is 0. The second kappa shape index (κ2) is 7.80. The molecule has 1 fully saturated rings. The van der Waals surface area contributed by atoms with Crippen molar-refractivity contribution in [1.82, 2.24) is 3.88 Å².